The van der Waals surface area contributed by atoms with Crippen LogP contribution in [-0.2, 0) is 23.9 Å². The summed E-state index contributed by atoms with van der Waals surface area (Å²) in [4.78, 5) is 15.5. The summed E-state index contributed by atoms with van der Waals surface area (Å²) < 4.78 is 45.4. The van der Waals surface area contributed by atoms with Gasteiger partial charge in [0.25, 0.3) is 0 Å². The molecule has 4 N–H and O–H groups in total. The Kier molecular flexibility index (Phi) is 7.77. The summed E-state index contributed by atoms with van der Waals surface area (Å²) in [5.74, 6) is -0.117. The maximum Gasteiger partial charge on any atom is 0.327 e. The Balaban J connectivity index is 2.10. The summed E-state index contributed by atoms with van der Waals surface area (Å²) in [6, 6.07) is 3.96. The van der Waals surface area contributed by atoms with E-state index in [1.807, 2.05) is 20.8 Å². The van der Waals surface area contributed by atoms with E-state index >= 15 is 0 Å². The van der Waals surface area contributed by atoms with Gasteiger partial charge in [-0.2, -0.15) is 0 Å². The molecule has 1 aromatic rings. The van der Waals surface area contributed by atoms with Crippen LogP contribution in [0.1, 0.15) is 54.9 Å². The van der Waals surface area contributed by atoms with Crippen molar-refractivity contribution in [3.63, 3.8) is 0 Å². The summed E-state index contributed by atoms with van der Waals surface area (Å²) in [6.45, 7) is 14.5. The first kappa shape index (κ1) is 28.7. The smallest absolute Gasteiger partial charge is 0.327 e. The normalized spacial score (nSPS) is 27.4. The van der Waals surface area contributed by atoms with Gasteiger partial charge in [-0.3, -0.25) is 24.1 Å². The molecule has 36 heavy (non-hydrogen) atoms. The number of ketones is 1. The van der Waals surface area contributed by atoms with Gasteiger partial charge in [0.15, 0.2) is 5.78 Å². The van der Waals surface area contributed by atoms with E-state index in [1.54, 1.807) is 17.9 Å². The predicted molar refractivity (Wildman–Crippen MR) is 143 cm³/mol. The molecular weight excluding hydrogens is 503 g/mol. The quantitative estimate of drug-likeness (QED) is 0.315. The zero-order chi connectivity index (χ0) is 27.3. The average molecular weight is 543 g/mol. The number of rotatable bonds is 6. The summed E-state index contributed by atoms with van der Waals surface area (Å²) >= 11 is 0. The Labute approximate surface area is 214 Å². The van der Waals surface area contributed by atoms with E-state index in [0.29, 0.717) is 12.2 Å². The van der Waals surface area contributed by atoms with Gasteiger partial charge >= 0.3 is 7.52 Å². The highest BCUT2D eigenvalue weighted by atomic mass is 32.2. The fourth-order valence-electron chi connectivity index (χ4n) is 4.53. The largest absolute Gasteiger partial charge is 0.374 e. The van der Waals surface area contributed by atoms with Crippen LogP contribution in [0.3, 0.4) is 0 Å². The molecule has 0 spiro atoms. The molecule has 10 nitrogen and oxygen atoms in total. The number of Topliss-reactive ketones (excluding diaryl/α,β-unsaturated/α-hetero) is 1. The molecule has 2 aliphatic rings. The van der Waals surface area contributed by atoms with Crippen LogP contribution in [0.5, 0.6) is 0 Å². The number of likely N-dealkylation sites (tertiary alicyclic amines) is 1. The zero-order valence-corrected chi connectivity index (χ0v) is 24.0. The lowest BCUT2D eigenvalue weighted by molar-refractivity contribution is -0.121. The second-order valence-corrected chi connectivity index (χ2v) is 15.5. The number of sulfonamides is 1. The lowest BCUT2D eigenvalue weighted by atomic mass is 9.83. The number of carbonyl (C=O) groups is 1. The number of nitrogens with zero attached hydrogens (tertiary/aromatic N) is 1. The monoisotopic (exact) mass is 542 g/mol. The number of nitrogens with one attached hydrogen (secondary N) is 3. The fourth-order valence-corrected chi connectivity index (χ4v) is 7.00. The number of fused-ring (bicyclic) bond motifs is 1. The standard InChI is InChI=1S/C24H39N4O6PS/c1-9-34-35(31)17-14-15(27-36(8,32)33)10-11-16(17)25-21(26-35)18-19(29)20(24(5,6)7)28(22(18)30)13-12-23(2,3)4/h10-11,14,20,22,25,27,30H,9,12-13H2,1-8H3,(H,26,31). The van der Waals surface area contributed by atoms with Crippen molar-refractivity contribution < 1.29 is 27.4 Å². The Morgan fingerprint density at radius 1 is 1.19 bits per heavy atom. The maximum absolute atomic E-state index is 14.0. The van der Waals surface area contributed by atoms with Gasteiger partial charge in [0, 0.05) is 12.2 Å². The Morgan fingerprint density at radius 2 is 1.83 bits per heavy atom. The molecule has 1 aromatic carbocycles. The second kappa shape index (κ2) is 9.76. The Hall–Kier alpha value is -1.91. The van der Waals surface area contributed by atoms with Gasteiger partial charge in [-0.1, -0.05) is 41.5 Å². The zero-order valence-electron chi connectivity index (χ0n) is 22.3. The molecule has 3 atom stereocenters. The molecule has 2 heterocycles. The van der Waals surface area contributed by atoms with Crippen molar-refractivity contribution in [2.75, 3.05) is 29.4 Å². The minimum absolute atomic E-state index is 0.00373. The van der Waals surface area contributed by atoms with E-state index in [1.165, 1.54) is 12.1 Å². The summed E-state index contributed by atoms with van der Waals surface area (Å²) in [5, 5.41) is 17.6. The van der Waals surface area contributed by atoms with E-state index in [-0.39, 0.29) is 40.2 Å². The van der Waals surface area contributed by atoms with Gasteiger partial charge < -0.3 is 14.9 Å². The molecule has 1 fully saturated rings. The molecule has 12 heteroatoms. The second-order valence-electron chi connectivity index (χ2n) is 11.7. The van der Waals surface area contributed by atoms with Gasteiger partial charge in [-0.05, 0) is 42.4 Å². The first-order valence-corrected chi connectivity index (χ1v) is 15.5. The Bertz CT molecular complexity index is 1220. The SMILES string of the molecule is CCOP1(=O)NC(=C2C(=O)C(C(C)(C)C)N(CCC(C)(C)C)C2O)Nc2ccc(NS(C)(=O)=O)cc21. The lowest BCUT2D eigenvalue weighted by Gasteiger charge is -2.36. The van der Waals surface area contributed by atoms with Gasteiger partial charge in [0.2, 0.25) is 10.0 Å². The third-order valence-electron chi connectivity index (χ3n) is 6.08. The molecule has 1 saturated heterocycles. The average Bonchev–Trinajstić information content (AvgIpc) is 2.95. The fraction of sp³-hybridized carbons (Fsp3) is 0.625. The van der Waals surface area contributed by atoms with Crippen LogP contribution in [0.2, 0.25) is 0 Å². The van der Waals surface area contributed by atoms with E-state index in [9.17, 15) is 22.9 Å². The van der Waals surface area contributed by atoms with E-state index in [0.717, 1.165) is 12.7 Å². The molecule has 202 valence electrons. The number of hydrogen-bond acceptors (Lipinski definition) is 8. The number of anilines is 2. The molecule has 0 aromatic heterocycles. The summed E-state index contributed by atoms with van der Waals surface area (Å²) in [5.41, 5.74) is 0.277. The van der Waals surface area contributed by atoms with Gasteiger partial charge in [-0.15, -0.1) is 0 Å². The van der Waals surface area contributed by atoms with Crippen LogP contribution >= 0.6 is 7.52 Å². The first-order valence-electron chi connectivity index (χ1n) is 12.0. The van der Waals surface area contributed by atoms with Crippen LogP contribution in [0, 0.1) is 10.8 Å². The molecule has 0 radical (unpaired) electrons. The van der Waals surface area contributed by atoms with Gasteiger partial charge in [0.05, 0.1) is 35.5 Å². The highest BCUT2D eigenvalue weighted by Crippen LogP contribution is 2.49. The van der Waals surface area contributed by atoms with Gasteiger partial charge in [0.1, 0.15) is 12.0 Å². The highest BCUT2D eigenvalue weighted by Gasteiger charge is 2.51. The molecule has 0 bridgehead atoms. The molecule has 3 unspecified atom stereocenters. The van der Waals surface area contributed by atoms with E-state index in [4.69, 9.17) is 4.52 Å². The Morgan fingerprint density at radius 3 is 2.36 bits per heavy atom. The first-order chi connectivity index (χ1) is 16.4. The minimum Gasteiger partial charge on any atom is -0.374 e. The van der Waals surface area contributed by atoms with E-state index < -0.39 is 35.2 Å². The van der Waals surface area contributed by atoms with Gasteiger partial charge in [-0.25, -0.2) is 8.42 Å². The van der Waals surface area contributed by atoms with Crippen LogP contribution in [0.25, 0.3) is 0 Å². The molecule has 0 aliphatic carbocycles. The molecule has 3 rings (SSSR count). The number of aliphatic hydroxyl groups is 1. The molecule has 0 amide bonds. The van der Waals surface area contributed by atoms with Crippen molar-refractivity contribution in [1.82, 2.24) is 9.99 Å². The highest BCUT2D eigenvalue weighted by molar-refractivity contribution is 7.92. The third kappa shape index (κ3) is 6.14. The van der Waals surface area contributed by atoms with Crippen molar-refractivity contribution in [2.45, 2.75) is 67.2 Å². The summed E-state index contributed by atoms with van der Waals surface area (Å²) in [6.07, 6.45) is 0.587. The maximum atomic E-state index is 14.0. The number of benzene rings is 1. The van der Waals surface area contributed by atoms with Crippen LogP contribution in [-0.4, -0.2) is 55.9 Å². The number of hydrogen-bond donors (Lipinski definition) is 4. The lowest BCUT2D eigenvalue weighted by Crippen LogP contribution is -2.46. The van der Waals surface area contributed by atoms with Crippen LogP contribution in [0.15, 0.2) is 29.6 Å². The van der Waals surface area contributed by atoms with Crippen LogP contribution < -0.4 is 20.4 Å². The van der Waals surface area contributed by atoms with Crippen molar-refractivity contribution in [1.29, 1.82) is 0 Å². The van der Waals surface area contributed by atoms with Crippen molar-refractivity contribution in [3.8, 4) is 0 Å². The topological polar surface area (TPSA) is 137 Å². The minimum atomic E-state index is -3.77. The summed E-state index contributed by atoms with van der Waals surface area (Å²) in [7, 11) is -7.31. The van der Waals surface area contributed by atoms with Crippen molar-refractivity contribution in [2.24, 2.45) is 10.8 Å². The van der Waals surface area contributed by atoms with E-state index in [2.05, 4.69) is 35.9 Å². The van der Waals surface area contributed by atoms with Crippen molar-refractivity contribution in [3.05, 3.63) is 29.6 Å². The van der Waals surface area contributed by atoms with Crippen molar-refractivity contribution >= 4 is 40.0 Å². The predicted octanol–water partition coefficient (Wildman–Crippen LogP) is 3.19. The number of carbonyl (C=O) groups excluding carboxylic acids is 1. The molecule has 2 aliphatic heterocycles. The molecular formula is C24H39N4O6PS. The molecule has 0 saturated carbocycles. The third-order valence-corrected chi connectivity index (χ3v) is 8.83. The number of aliphatic hydroxyl groups excluding tert-OH is 1. The van der Waals surface area contributed by atoms with Crippen LogP contribution in [0.4, 0.5) is 11.4 Å².